The van der Waals surface area contributed by atoms with E-state index < -0.39 is 15.8 Å². The first-order chi connectivity index (χ1) is 10.4. The Labute approximate surface area is 128 Å². The van der Waals surface area contributed by atoms with Crippen molar-refractivity contribution in [1.29, 1.82) is 0 Å². The maximum atomic E-state index is 13.2. The first-order valence-electron chi connectivity index (χ1n) is 6.68. The van der Waals surface area contributed by atoms with Crippen LogP contribution in [0.1, 0.15) is 11.3 Å². The molecule has 0 aliphatic carbocycles. The Hall–Kier alpha value is -2.06. The Balaban J connectivity index is 1.93. The number of nitrogens with one attached hydrogen (secondary N) is 2. The van der Waals surface area contributed by atoms with Gasteiger partial charge in [-0.2, -0.15) is 5.10 Å². The smallest absolute Gasteiger partial charge is 0.240 e. The van der Waals surface area contributed by atoms with Gasteiger partial charge in [-0.15, -0.1) is 5.10 Å². The average Bonchev–Trinajstić information content (AvgIpc) is 2.48. The molecule has 22 heavy (non-hydrogen) atoms. The molecule has 1 aromatic carbocycles. The van der Waals surface area contributed by atoms with Crippen molar-refractivity contribution >= 4 is 15.8 Å². The van der Waals surface area contributed by atoms with Crippen LogP contribution in [0.2, 0.25) is 0 Å². The molecule has 2 aromatic rings. The van der Waals surface area contributed by atoms with Crippen LogP contribution in [-0.4, -0.2) is 31.7 Å². The summed E-state index contributed by atoms with van der Waals surface area (Å²) in [5.41, 5.74) is 1.29. The molecule has 0 saturated carbocycles. The molecule has 0 radical (unpaired) electrons. The minimum atomic E-state index is -3.74. The van der Waals surface area contributed by atoms with Crippen LogP contribution in [0.15, 0.2) is 35.2 Å². The number of halogens is 1. The molecule has 0 aliphatic rings. The minimum absolute atomic E-state index is 0.0531. The third kappa shape index (κ3) is 4.22. The highest BCUT2D eigenvalue weighted by Crippen LogP contribution is 2.15. The number of aryl methyl sites for hydroxylation is 2. The zero-order valence-electron chi connectivity index (χ0n) is 12.3. The van der Waals surface area contributed by atoms with Gasteiger partial charge in [-0.25, -0.2) is 17.5 Å². The van der Waals surface area contributed by atoms with Crippen molar-refractivity contribution in [2.45, 2.75) is 18.7 Å². The normalized spacial score (nSPS) is 11.4. The maximum absolute atomic E-state index is 13.2. The number of benzene rings is 1. The van der Waals surface area contributed by atoms with E-state index in [0.717, 1.165) is 11.8 Å². The van der Waals surface area contributed by atoms with E-state index in [4.69, 9.17) is 0 Å². The Morgan fingerprint density at radius 2 is 1.86 bits per heavy atom. The number of sulfonamides is 1. The summed E-state index contributed by atoms with van der Waals surface area (Å²) < 4.78 is 39.9. The van der Waals surface area contributed by atoms with Gasteiger partial charge in [0.2, 0.25) is 10.0 Å². The van der Waals surface area contributed by atoms with E-state index in [1.54, 1.807) is 19.1 Å². The first kappa shape index (κ1) is 16.3. The van der Waals surface area contributed by atoms with Gasteiger partial charge < -0.3 is 5.32 Å². The van der Waals surface area contributed by atoms with Gasteiger partial charge in [-0.1, -0.05) is 6.07 Å². The number of hydrogen-bond acceptors (Lipinski definition) is 5. The molecule has 0 spiro atoms. The van der Waals surface area contributed by atoms with Gasteiger partial charge in [-0.05, 0) is 43.7 Å². The van der Waals surface area contributed by atoms with Crippen LogP contribution in [0.3, 0.4) is 0 Å². The summed E-state index contributed by atoms with van der Waals surface area (Å²) in [7, 11) is -3.74. The Bertz CT molecular complexity index is 748. The molecular weight excluding hydrogens is 307 g/mol. The second-order valence-electron chi connectivity index (χ2n) is 4.79. The molecule has 8 heteroatoms. The van der Waals surface area contributed by atoms with Crippen molar-refractivity contribution in [3.63, 3.8) is 0 Å². The standard InChI is InChI=1S/C14H17FN4O2S/c1-10-3-5-12(15)9-13(10)22(20,21)17-8-7-16-14-6-4-11(2)18-19-14/h3-6,9,17H,7-8H2,1-2H3,(H,16,19). The van der Waals surface area contributed by atoms with Gasteiger partial charge in [0.25, 0.3) is 0 Å². The van der Waals surface area contributed by atoms with Crippen molar-refractivity contribution < 1.29 is 12.8 Å². The molecule has 0 fully saturated rings. The summed E-state index contributed by atoms with van der Waals surface area (Å²) in [5, 5.41) is 10.7. The number of aromatic nitrogens is 2. The van der Waals surface area contributed by atoms with Crippen molar-refractivity contribution in [3.05, 3.63) is 47.4 Å². The van der Waals surface area contributed by atoms with E-state index in [9.17, 15) is 12.8 Å². The van der Waals surface area contributed by atoms with Crippen molar-refractivity contribution in [3.8, 4) is 0 Å². The molecule has 118 valence electrons. The summed E-state index contributed by atoms with van der Waals surface area (Å²) in [6.45, 7) is 3.93. The van der Waals surface area contributed by atoms with Crippen LogP contribution in [0, 0.1) is 19.7 Å². The second-order valence-corrected chi connectivity index (χ2v) is 6.53. The molecule has 0 aliphatic heterocycles. The van der Waals surface area contributed by atoms with Crippen LogP contribution in [0.5, 0.6) is 0 Å². The van der Waals surface area contributed by atoms with Crippen molar-refractivity contribution in [2.24, 2.45) is 0 Å². The Morgan fingerprint density at radius 3 is 2.55 bits per heavy atom. The predicted molar refractivity (Wildman–Crippen MR) is 81.6 cm³/mol. The predicted octanol–water partition coefficient (Wildman–Crippen LogP) is 1.62. The van der Waals surface area contributed by atoms with Crippen LogP contribution in [0.25, 0.3) is 0 Å². The summed E-state index contributed by atoms with van der Waals surface area (Å²) in [6, 6.07) is 7.23. The lowest BCUT2D eigenvalue weighted by molar-refractivity contribution is 0.578. The van der Waals surface area contributed by atoms with E-state index in [2.05, 4.69) is 20.2 Å². The summed E-state index contributed by atoms with van der Waals surface area (Å²) in [5.74, 6) is -0.0224. The highest BCUT2D eigenvalue weighted by atomic mass is 32.2. The molecule has 2 N–H and O–H groups in total. The van der Waals surface area contributed by atoms with Crippen molar-refractivity contribution in [1.82, 2.24) is 14.9 Å². The lowest BCUT2D eigenvalue weighted by Gasteiger charge is -2.10. The monoisotopic (exact) mass is 324 g/mol. The first-order valence-corrected chi connectivity index (χ1v) is 8.17. The zero-order chi connectivity index (χ0) is 16.2. The molecule has 1 heterocycles. The average molecular weight is 324 g/mol. The Kier molecular flexibility index (Phi) is 5.04. The largest absolute Gasteiger partial charge is 0.367 e. The van der Waals surface area contributed by atoms with Gasteiger partial charge in [0.05, 0.1) is 10.6 Å². The lowest BCUT2D eigenvalue weighted by atomic mass is 10.2. The van der Waals surface area contributed by atoms with E-state index in [1.807, 2.05) is 6.92 Å². The SMILES string of the molecule is Cc1ccc(NCCNS(=O)(=O)c2cc(F)ccc2C)nn1. The molecule has 0 unspecified atom stereocenters. The van der Waals surface area contributed by atoms with E-state index in [1.165, 1.54) is 12.1 Å². The molecule has 0 atom stereocenters. The van der Waals surface area contributed by atoms with Gasteiger partial charge in [0.1, 0.15) is 11.6 Å². The maximum Gasteiger partial charge on any atom is 0.240 e. The second kappa shape index (κ2) is 6.80. The summed E-state index contributed by atoms with van der Waals surface area (Å²) >= 11 is 0. The highest BCUT2D eigenvalue weighted by molar-refractivity contribution is 7.89. The summed E-state index contributed by atoms with van der Waals surface area (Å²) in [6.07, 6.45) is 0. The minimum Gasteiger partial charge on any atom is -0.367 e. The van der Waals surface area contributed by atoms with E-state index in [0.29, 0.717) is 17.9 Å². The quantitative estimate of drug-likeness (QED) is 0.789. The number of nitrogens with zero attached hydrogens (tertiary/aromatic N) is 2. The number of hydrogen-bond donors (Lipinski definition) is 2. The van der Waals surface area contributed by atoms with Crippen LogP contribution >= 0.6 is 0 Å². The third-order valence-corrected chi connectivity index (χ3v) is 4.56. The number of anilines is 1. The molecule has 6 nitrogen and oxygen atoms in total. The molecule has 1 aromatic heterocycles. The molecule has 2 rings (SSSR count). The van der Waals surface area contributed by atoms with Gasteiger partial charge >= 0.3 is 0 Å². The lowest BCUT2D eigenvalue weighted by Crippen LogP contribution is -2.29. The zero-order valence-corrected chi connectivity index (χ0v) is 13.1. The Morgan fingerprint density at radius 1 is 1.09 bits per heavy atom. The highest BCUT2D eigenvalue weighted by Gasteiger charge is 2.16. The van der Waals surface area contributed by atoms with Gasteiger partial charge in [0.15, 0.2) is 0 Å². The van der Waals surface area contributed by atoms with Crippen LogP contribution in [-0.2, 0) is 10.0 Å². The summed E-state index contributed by atoms with van der Waals surface area (Å²) in [4.78, 5) is -0.0531. The van der Waals surface area contributed by atoms with Crippen molar-refractivity contribution in [2.75, 3.05) is 18.4 Å². The van der Waals surface area contributed by atoms with Gasteiger partial charge in [0, 0.05) is 13.1 Å². The third-order valence-electron chi connectivity index (χ3n) is 2.96. The van der Waals surface area contributed by atoms with Crippen LogP contribution in [0.4, 0.5) is 10.2 Å². The van der Waals surface area contributed by atoms with Gasteiger partial charge in [-0.3, -0.25) is 0 Å². The van der Waals surface area contributed by atoms with E-state index in [-0.39, 0.29) is 11.4 Å². The fraction of sp³-hybridized carbons (Fsp3) is 0.286. The number of rotatable bonds is 6. The topological polar surface area (TPSA) is 84.0 Å². The fourth-order valence-electron chi connectivity index (χ4n) is 1.81. The van der Waals surface area contributed by atoms with E-state index >= 15 is 0 Å². The molecule has 0 saturated heterocycles. The van der Waals surface area contributed by atoms with Crippen LogP contribution < -0.4 is 10.0 Å². The molecular formula is C14H17FN4O2S. The molecule has 0 amide bonds. The fourth-order valence-corrected chi connectivity index (χ4v) is 3.10. The molecule has 0 bridgehead atoms.